The predicted molar refractivity (Wildman–Crippen MR) is 43.1 cm³/mol. The van der Waals surface area contributed by atoms with Gasteiger partial charge in [-0.05, 0) is 44.1 Å². The lowest BCUT2D eigenvalue weighted by Gasteiger charge is -2.29. The van der Waals surface area contributed by atoms with Crippen molar-refractivity contribution >= 4 is 0 Å². The van der Waals surface area contributed by atoms with Crippen LogP contribution in [0.25, 0.3) is 0 Å². The molecule has 2 aliphatic carbocycles. The number of rotatable bonds is 1. The van der Waals surface area contributed by atoms with Crippen molar-refractivity contribution in [2.75, 3.05) is 6.54 Å². The number of halogens is 3. The molecule has 1 nitrogen and oxygen atoms in total. The van der Waals surface area contributed by atoms with Gasteiger partial charge in [0.15, 0.2) is 0 Å². The summed E-state index contributed by atoms with van der Waals surface area (Å²) in [4.78, 5) is 0. The molecule has 2 bridgehead atoms. The summed E-state index contributed by atoms with van der Waals surface area (Å²) in [6, 6.07) is 0. The summed E-state index contributed by atoms with van der Waals surface area (Å²) in [5.74, 6) is 0. The number of hydrogen-bond acceptors (Lipinski definition) is 1. The average Bonchev–Trinajstić information content (AvgIpc) is 2.60. The Morgan fingerprint density at radius 1 is 1.08 bits per heavy atom. The first kappa shape index (κ1) is 9.31. The molecular weight excluding hydrogens is 179 g/mol. The van der Waals surface area contributed by atoms with Gasteiger partial charge in [0.25, 0.3) is 0 Å². The SMILES string of the molecule is NCC12CCC(C(F)(F)F)(CC1)C2. The second kappa shape index (κ2) is 2.41. The minimum absolute atomic E-state index is 0.171. The molecule has 0 spiro atoms. The highest BCUT2D eigenvalue weighted by Gasteiger charge is 2.65. The Kier molecular flexibility index (Phi) is 1.72. The largest absolute Gasteiger partial charge is 0.394 e. The lowest BCUT2D eigenvalue weighted by atomic mass is 9.82. The van der Waals surface area contributed by atoms with Gasteiger partial charge in [-0.3, -0.25) is 0 Å². The minimum Gasteiger partial charge on any atom is -0.330 e. The minimum atomic E-state index is -4.01. The fourth-order valence-electron chi connectivity index (χ4n) is 2.99. The average molecular weight is 193 g/mol. The van der Waals surface area contributed by atoms with E-state index in [-0.39, 0.29) is 11.8 Å². The van der Waals surface area contributed by atoms with Crippen LogP contribution in [0, 0.1) is 10.8 Å². The van der Waals surface area contributed by atoms with Crippen molar-refractivity contribution < 1.29 is 13.2 Å². The number of fused-ring (bicyclic) bond motifs is 2. The van der Waals surface area contributed by atoms with Gasteiger partial charge in [-0.2, -0.15) is 13.2 Å². The van der Waals surface area contributed by atoms with Crippen LogP contribution in [0.5, 0.6) is 0 Å². The molecule has 0 aromatic heterocycles. The van der Waals surface area contributed by atoms with Crippen molar-refractivity contribution in [3.05, 3.63) is 0 Å². The molecule has 0 saturated heterocycles. The molecule has 0 unspecified atom stereocenters. The molecule has 0 heterocycles. The van der Waals surface area contributed by atoms with E-state index in [0.717, 1.165) is 0 Å². The zero-order chi connectivity index (χ0) is 9.74. The smallest absolute Gasteiger partial charge is 0.330 e. The highest BCUT2D eigenvalue weighted by molar-refractivity contribution is 5.07. The van der Waals surface area contributed by atoms with Crippen LogP contribution in [0.1, 0.15) is 32.1 Å². The van der Waals surface area contributed by atoms with Gasteiger partial charge in [-0.1, -0.05) is 0 Å². The highest BCUT2D eigenvalue weighted by Crippen LogP contribution is 2.66. The van der Waals surface area contributed by atoms with Gasteiger partial charge in [-0.15, -0.1) is 0 Å². The molecule has 0 aromatic rings. The van der Waals surface area contributed by atoms with E-state index in [1.54, 1.807) is 0 Å². The van der Waals surface area contributed by atoms with E-state index in [1.807, 2.05) is 0 Å². The Balaban J connectivity index is 2.23. The molecule has 2 N–H and O–H groups in total. The van der Waals surface area contributed by atoms with E-state index < -0.39 is 11.6 Å². The summed E-state index contributed by atoms with van der Waals surface area (Å²) in [6.45, 7) is 0.421. The van der Waals surface area contributed by atoms with E-state index in [2.05, 4.69) is 0 Å². The normalized spacial score (nSPS) is 44.3. The second-order valence-electron chi connectivity index (χ2n) is 4.66. The Morgan fingerprint density at radius 3 is 1.85 bits per heavy atom. The van der Waals surface area contributed by atoms with E-state index in [4.69, 9.17) is 5.73 Å². The van der Waals surface area contributed by atoms with Crippen LogP contribution in [-0.2, 0) is 0 Å². The zero-order valence-electron chi connectivity index (χ0n) is 7.45. The van der Waals surface area contributed by atoms with Crippen LogP contribution >= 0.6 is 0 Å². The van der Waals surface area contributed by atoms with Gasteiger partial charge in [0.2, 0.25) is 0 Å². The fourth-order valence-corrected chi connectivity index (χ4v) is 2.99. The zero-order valence-corrected chi connectivity index (χ0v) is 7.45. The van der Waals surface area contributed by atoms with Crippen LogP contribution in [-0.4, -0.2) is 12.7 Å². The molecule has 2 fully saturated rings. The summed E-state index contributed by atoms with van der Waals surface area (Å²) in [5, 5.41) is 0. The first-order chi connectivity index (χ1) is 5.93. The first-order valence-electron chi connectivity index (χ1n) is 4.70. The van der Waals surface area contributed by atoms with E-state index in [9.17, 15) is 13.2 Å². The monoisotopic (exact) mass is 193 g/mol. The molecule has 2 saturated carbocycles. The lowest BCUT2D eigenvalue weighted by molar-refractivity contribution is -0.220. The molecule has 76 valence electrons. The summed E-state index contributed by atoms with van der Waals surface area (Å²) in [5.41, 5.74) is 4.00. The molecule has 2 rings (SSSR count). The number of alkyl halides is 3. The summed E-state index contributed by atoms with van der Waals surface area (Å²) < 4.78 is 38.1. The summed E-state index contributed by atoms with van der Waals surface area (Å²) in [6.07, 6.45) is -1.80. The first-order valence-corrected chi connectivity index (χ1v) is 4.70. The maximum absolute atomic E-state index is 12.7. The third kappa shape index (κ3) is 1.11. The van der Waals surface area contributed by atoms with Crippen LogP contribution in [0.3, 0.4) is 0 Å². The van der Waals surface area contributed by atoms with Gasteiger partial charge in [-0.25, -0.2) is 0 Å². The van der Waals surface area contributed by atoms with E-state index in [0.29, 0.717) is 32.2 Å². The van der Waals surface area contributed by atoms with E-state index >= 15 is 0 Å². The molecule has 4 heteroatoms. The van der Waals surface area contributed by atoms with Crippen molar-refractivity contribution in [1.82, 2.24) is 0 Å². The summed E-state index contributed by atoms with van der Waals surface area (Å²) >= 11 is 0. The Hall–Kier alpha value is -0.250. The summed E-state index contributed by atoms with van der Waals surface area (Å²) in [7, 11) is 0. The highest BCUT2D eigenvalue weighted by atomic mass is 19.4. The van der Waals surface area contributed by atoms with Crippen molar-refractivity contribution in [3.63, 3.8) is 0 Å². The Labute approximate surface area is 75.5 Å². The third-order valence-electron chi connectivity index (χ3n) is 4.02. The van der Waals surface area contributed by atoms with Crippen LogP contribution < -0.4 is 5.73 Å². The van der Waals surface area contributed by atoms with Crippen molar-refractivity contribution in [2.24, 2.45) is 16.6 Å². The van der Waals surface area contributed by atoms with Gasteiger partial charge < -0.3 is 5.73 Å². The molecule has 0 atom stereocenters. The van der Waals surface area contributed by atoms with Crippen molar-refractivity contribution in [2.45, 2.75) is 38.3 Å². The number of hydrogen-bond donors (Lipinski definition) is 1. The van der Waals surface area contributed by atoms with Crippen molar-refractivity contribution in [3.8, 4) is 0 Å². The van der Waals surface area contributed by atoms with Crippen LogP contribution in [0.15, 0.2) is 0 Å². The molecule has 13 heavy (non-hydrogen) atoms. The van der Waals surface area contributed by atoms with Crippen LogP contribution in [0.4, 0.5) is 13.2 Å². The maximum Gasteiger partial charge on any atom is 0.394 e. The Morgan fingerprint density at radius 2 is 1.62 bits per heavy atom. The quantitative estimate of drug-likeness (QED) is 0.680. The molecule has 2 aliphatic rings. The second-order valence-corrected chi connectivity index (χ2v) is 4.66. The number of nitrogens with two attached hydrogens (primary N) is 1. The molecule has 0 aliphatic heterocycles. The lowest BCUT2D eigenvalue weighted by Crippen LogP contribution is -2.33. The third-order valence-corrected chi connectivity index (χ3v) is 4.02. The predicted octanol–water partition coefficient (Wildman–Crippen LogP) is 2.46. The van der Waals surface area contributed by atoms with Crippen LogP contribution in [0.2, 0.25) is 0 Å². The molecule has 0 radical (unpaired) electrons. The van der Waals surface area contributed by atoms with Gasteiger partial charge >= 0.3 is 6.18 Å². The fraction of sp³-hybridized carbons (Fsp3) is 1.00. The van der Waals surface area contributed by atoms with Gasteiger partial charge in [0.05, 0.1) is 5.41 Å². The molecular formula is C9H14F3N. The molecule has 0 aromatic carbocycles. The van der Waals surface area contributed by atoms with Crippen molar-refractivity contribution in [1.29, 1.82) is 0 Å². The maximum atomic E-state index is 12.7. The topological polar surface area (TPSA) is 26.0 Å². The van der Waals surface area contributed by atoms with E-state index in [1.165, 1.54) is 0 Å². The standard InChI is InChI=1S/C9H14F3N/c10-9(11,12)8-3-1-7(5-8,6-13)2-4-8/h1-6,13H2. The van der Waals surface area contributed by atoms with Gasteiger partial charge in [0, 0.05) is 0 Å². The molecule has 0 amide bonds. The van der Waals surface area contributed by atoms with Gasteiger partial charge in [0.1, 0.15) is 0 Å². The Bertz CT molecular complexity index is 213.